The fourth-order valence-corrected chi connectivity index (χ4v) is 3.63. The molecule has 1 fully saturated rings. The van der Waals surface area contributed by atoms with Crippen LogP contribution < -0.4 is 0 Å². The van der Waals surface area contributed by atoms with Crippen molar-refractivity contribution in [2.45, 2.75) is 11.0 Å². The topological polar surface area (TPSA) is 86.7 Å². The fraction of sp³-hybridized carbons (Fsp3) is 0.333. The monoisotopic (exact) mass is 278 g/mol. The van der Waals surface area contributed by atoms with Gasteiger partial charge in [0.25, 0.3) is 20.2 Å². The van der Waals surface area contributed by atoms with Crippen LogP contribution in [0.15, 0.2) is 35.2 Å². The van der Waals surface area contributed by atoms with Crippen molar-refractivity contribution in [3.05, 3.63) is 30.3 Å². The molecule has 0 amide bonds. The second-order valence-electron chi connectivity index (χ2n) is 3.49. The molecule has 1 heterocycles. The van der Waals surface area contributed by atoms with Crippen molar-refractivity contribution in [3.63, 3.8) is 0 Å². The third-order valence-electron chi connectivity index (χ3n) is 2.12. The molecule has 17 heavy (non-hydrogen) atoms. The summed E-state index contributed by atoms with van der Waals surface area (Å²) in [5, 5.41) is 0. The van der Waals surface area contributed by atoms with Gasteiger partial charge in [-0.05, 0) is 12.1 Å². The Bertz CT molecular complexity index is 590. The van der Waals surface area contributed by atoms with Crippen LogP contribution in [-0.2, 0) is 28.6 Å². The van der Waals surface area contributed by atoms with Crippen LogP contribution in [0.2, 0.25) is 0 Å². The van der Waals surface area contributed by atoms with Gasteiger partial charge in [0, 0.05) is 0 Å². The van der Waals surface area contributed by atoms with Crippen molar-refractivity contribution in [1.82, 2.24) is 0 Å². The number of hydrogen-bond donors (Lipinski definition) is 0. The normalized spacial score (nSPS) is 23.6. The molecule has 1 aromatic rings. The molecule has 94 valence electrons. The van der Waals surface area contributed by atoms with E-state index in [4.69, 9.17) is 4.18 Å². The standard InChI is InChI=1S/C9H10O6S2/c10-16(11)7-8(6-14-16)15-17(12,13)9-4-2-1-3-5-9/h1-5,8H,6-7H2. The summed E-state index contributed by atoms with van der Waals surface area (Å²) in [6.45, 7) is -0.269. The minimum Gasteiger partial charge on any atom is -0.267 e. The predicted octanol–water partition coefficient (Wildman–Crippen LogP) is 0.121. The molecule has 0 N–H and O–H groups in total. The van der Waals surface area contributed by atoms with E-state index in [1.807, 2.05) is 0 Å². The first-order valence-corrected chi connectivity index (χ1v) is 7.73. The Hall–Kier alpha value is -0.960. The molecule has 1 aliphatic rings. The smallest absolute Gasteiger partial charge is 0.267 e. The molecule has 1 aromatic carbocycles. The van der Waals surface area contributed by atoms with E-state index in [2.05, 4.69) is 4.18 Å². The minimum atomic E-state index is -3.94. The maximum Gasteiger partial charge on any atom is 0.297 e. The zero-order chi connectivity index (χ0) is 12.5. The lowest BCUT2D eigenvalue weighted by molar-refractivity contribution is 0.185. The molecule has 0 saturated carbocycles. The van der Waals surface area contributed by atoms with Crippen molar-refractivity contribution < 1.29 is 25.2 Å². The van der Waals surface area contributed by atoms with Crippen LogP contribution in [0.1, 0.15) is 0 Å². The van der Waals surface area contributed by atoms with Gasteiger partial charge in [0.05, 0.1) is 11.5 Å². The van der Waals surface area contributed by atoms with Crippen molar-refractivity contribution in [2.24, 2.45) is 0 Å². The molecular weight excluding hydrogens is 268 g/mol. The van der Waals surface area contributed by atoms with E-state index in [0.29, 0.717) is 0 Å². The lowest BCUT2D eigenvalue weighted by Crippen LogP contribution is -2.22. The van der Waals surface area contributed by atoms with E-state index >= 15 is 0 Å². The summed E-state index contributed by atoms with van der Waals surface area (Å²) in [5.74, 6) is -0.445. The summed E-state index contributed by atoms with van der Waals surface area (Å²) in [4.78, 5) is -0.00991. The maximum atomic E-state index is 11.7. The molecule has 8 heteroatoms. The Morgan fingerprint density at radius 2 is 1.88 bits per heavy atom. The van der Waals surface area contributed by atoms with Crippen molar-refractivity contribution in [1.29, 1.82) is 0 Å². The summed E-state index contributed by atoms with van der Waals surface area (Å²) in [5.41, 5.74) is 0. The lowest BCUT2D eigenvalue weighted by atomic mass is 10.4. The number of benzene rings is 1. The van der Waals surface area contributed by atoms with Crippen molar-refractivity contribution in [2.75, 3.05) is 12.4 Å². The molecule has 0 aromatic heterocycles. The van der Waals surface area contributed by atoms with Crippen LogP contribution in [0.25, 0.3) is 0 Å². The largest absolute Gasteiger partial charge is 0.297 e. The SMILES string of the molecule is O=S1(=O)CC(OS(=O)(=O)c2ccccc2)CO1. The summed E-state index contributed by atoms with van der Waals surface area (Å²) in [6.07, 6.45) is -0.981. The van der Waals surface area contributed by atoms with Gasteiger partial charge in [-0.15, -0.1) is 0 Å². The van der Waals surface area contributed by atoms with Crippen molar-refractivity contribution in [3.8, 4) is 0 Å². The molecule has 0 spiro atoms. The quantitative estimate of drug-likeness (QED) is 0.730. The Balaban J connectivity index is 2.15. The van der Waals surface area contributed by atoms with E-state index in [1.54, 1.807) is 18.2 Å². The van der Waals surface area contributed by atoms with Crippen LogP contribution in [0, 0.1) is 0 Å². The zero-order valence-corrected chi connectivity index (χ0v) is 10.3. The first-order chi connectivity index (χ1) is 7.89. The number of hydrogen-bond acceptors (Lipinski definition) is 6. The molecule has 1 unspecified atom stereocenters. The third-order valence-corrected chi connectivity index (χ3v) is 4.77. The van der Waals surface area contributed by atoms with Gasteiger partial charge in [0.15, 0.2) is 0 Å². The highest BCUT2D eigenvalue weighted by Gasteiger charge is 2.33. The van der Waals surface area contributed by atoms with Gasteiger partial charge in [-0.2, -0.15) is 16.8 Å². The van der Waals surface area contributed by atoms with E-state index in [0.717, 1.165) is 0 Å². The molecule has 2 rings (SSSR count). The van der Waals surface area contributed by atoms with Gasteiger partial charge < -0.3 is 0 Å². The second-order valence-corrected chi connectivity index (χ2v) is 6.75. The summed E-state index contributed by atoms with van der Waals surface area (Å²) >= 11 is 0. The minimum absolute atomic E-state index is 0.00991. The summed E-state index contributed by atoms with van der Waals surface area (Å²) in [7, 11) is -7.58. The third kappa shape index (κ3) is 3.03. The van der Waals surface area contributed by atoms with E-state index in [1.165, 1.54) is 12.1 Å². The van der Waals surface area contributed by atoms with Crippen molar-refractivity contribution >= 4 is 20.2 Å². The van der Waals surface area contributed by atoms with E-state index in [-0.39, 0.29) is 11.5 Å². The maximum absolute atomic E-state index is 11.7. The number of rotatable bonds is 3. The zero-order valence-electron chi connectivity index (χ0n) is 8.64. The average molecular weight is 278 g/mol. The van der Waals surface area contributed by atoms with Crippen LogP contribution in [-0.4, -0.2) is 35.3 Å². The highest BCUT2D eigenvalue weighted by molar-refractivity contribution is 7.87. The molecule has 0 aliphatic carbocycles. The van der Waals surface area contributed by atoms with Crippen LogP contribution >= 0.6 is 0 Å². The first-order valence-electron chi connectivity index (χ1n) is 4.74. The Morgan fingerprint density at radius 1 is 1.24 bits per heavy atom. The molecule has 1 atom stereocenters. The lowest BCUT2D eigenvalue weighted by Gasteiger charge is -2.08. The first kappa shape index (κ1) is 12.5. The van der Waals surface area contributed by atoms with Gasteiger partial charge in [0.1, 0.15) is 11.9 Å². The van der Waals surface area contributed by atoms with Gasteiger partial charge in [-0.1, -0.05) is 18.2 Å². The molecular formula is C9H10O6S2. The van der Waals surface area contributed by atoms with Gasteiger partial charge in [-0.25, -0.2) is 0 Å². The van der Waals surface area contributed by atoms with E-state index in [9.17, 15) is 16.8 Å². The molecule has 0 bridgehead atoms. The van der Waals surface area contributed by atoms with Gasteiger partial charge in [0.2, 0.25) is 0 Å². The molecule has 0 radical (unpaired) electrons. The highest BCUT2D eigenvalue weighted by atomic mass is 32.2. The Morgan fingerprint density at radius 3 is 2.41 bits per heavy atom. The van der Waals surface area contributed by atoms with Gasteiger partial charge >= 0.3 is 0 Å². The van der Waals surface area contributed by atoms with Crippen LogP contribution in [0.4, 0.5) is 0 Å². The van der Waals surface area contributed by atoms with Crippen LogP contribution in [0.3, 0.4) is 0 Å². The average Bonchev–Trinajstić information content (AvgIpc) is 2.58. The van der Waals surface area contributed by atoms with E-state index < -0.39 is 32.1 Å². The Kier molecular flexibility index (Phi) is 3.21. The second kappa shape index (κ2) is 4.37. The fourth-order valence-electron chi connectivity index (χ4n) is 1.38. The summed E-state index contributed by atoms with van der Waals surface area (Å²) in [6, 6.07) is 7.53. The highest BCUT2D eigenvalue weighted by Crippen LogP contribution is 2.18. The molecule has 1 saturated heterocycles. The summed E-state index contributed by atoms with van der Waals surface area (Å²) < 4.78 is 54.6. The predicted molar refractivity (Wildman–Crippen MR) is 58.2 cm³/mol. The molecule has 6 nitrogen and oxygen atoms in total. The molecule has 1 aliphatic heterocycles. The van der Waals surface area contributed by atoms with Crippen LogP contribution in [0.5, 0.6) is 0 Å². The van der Waals surface area contributed by atoms with Gasteiger partial charge in [-0.3, -0.25) is 8.37 Å². The Labute approximate surface area is 99.4 Å².